The molecule has 6 rings (SSSR count). The summed E-state index contributed by atoms with van der Waals surface area (Å²) < 4.78 is 14.0. The van der Waals surface area contributed by atoms with Crippen LogP contribution in [0.25, 0.3) is 11.4 Å². The Morgan fingerprint density at radius 3 is 2.44 bits per heavy atom. The Labute approximate surface area is 228 Å². The smallest absolute Gasteiger partial charge is 0.226 e. The molecule has 39 heavy (non-hydrogen) atoms. The number of nitrogens with zero attached hydrogens (tertiary/aromatic N) is 3. The zero-order valence-electron chi connectivity index (χ0n) is 22.5. The summed E-state index contributed by atoms with van der Waals surface area (Å²) in [5.41, 5.74) is 4.43. The molecule has 7 heteroatoms. The Balaban J connectivity index is 1.43. The lowest BCUT2D eigenvalue weighted by Gasteiger charge is -2.38. The van der Waals surface area contributed by atoms with E-state index in [4.69, 9.17) is 19.6 Å². The molecule has 0 fully saturated rings. The summed E-state index contributed by atoms with van der Waals surface area (Å²) in [5, 5.41) is 8.36. The first-order valence-corrected chi connectivity index (χ1v) is 13.4. The molecule has 1 aliphatic heterocycles. The summed E-state index contributed by atoms with van der Waals surface area (Å²) in [6, 6.07) is 25.4. The SMILES string of the molecule is CCOc1cc([C@H]2C3=C(CC(C)(C)CC3=O)Nc3nc(-c4ccccc4)nn32)ccc1OCc1ccccc1. The van der Waals surface area contributed by atoms with Crippen LogP contribution in [-0.2, 0) is 11.4 Å². The van der Waals surface area contributed by atoms with Crippen molar-refractivity contribution in [3.63, 3.8) is 0 Å². The standard InChI is InChI=1S/C32H32N4O3/c1-4-38-27-17-23(15-16-26(27)39-20-21-11-7-5-8-12-21)29-28-24(18-32(2,3)19-25(28)37)33-31-34-30(35-36(29)31)22-13-9-6-10-14-22/h5-17,29H,4,18-20H2,1-3H3,(H,33,34,35)/t29-/m0/s1. The summed E-state index contributed by atoms with van der Waals surface area (Å²) in [6.45, 7) is 7.14. The molecule has 0 radical (unpaired) electrons. The Bertz CT molecular complexity index is 1540. The van der Waals surface area contributed by atoms with Gasteiger partial charge >= 0.3 is 0 Å². The van der Waals surface area contributed by atoms with Gasteiger partial charge in [-0.15, -0.1) is 5.10 Å². The van der Waals surface area contributed by atoms with Gasteiger partial charge in [0.05, 0.1) is 6.61 Å². The molecule has 4 aromatic rings. The molecule has 7 nitrogen and oxygen atoms in total. The quantitative estimate of drug-likeness (QED) is 0.297. The van der Waals surface area contributed by atoms with E-state index in [0.717, 1.165) is 34.4 Å². The van der Waals surface area contributed by atoms with Crippen molar-refractivity contribution >= 4 is 11.7 Å². The van der Waals surface area contributed by atoms with E-state index < -0.39 is 6.04 Å². The van der Waals surface area contributed by atoms with E-state index in [-0.39, 0.29) is 11.2 Å². The van der Waals surface area contributed by atoms with Gasteiger partial charge in [0.15, 0.2) is 23.1 Å². The Kier molecular flexibility index (Phi) is 6.43. The number of allylic oxidation sites excluding steroid dienone is 2. The van der Waals surface area contributed by atoms with Crippen molar-refractivity contribution in [3.05, 3.63) is 101 Å². The van der Waals surface area contributed by atoms with Crippen LogP contribution in [-0.4, -0.2) is 27.2 Å². The van der Waals surface area contributed by atoms with Gasteiger partial charge in [0.1, 0.15) is 12.6 Å². The minimum atomic E-state index is -0.424. The van der Waals surface area contributed by atoms with Crippen LogP contribution in [0.3, 0.4) is 0 Å². The fourth-order valence-corrected chi connectivity index (χ4v) is 5.44. The number of ether oxygens (including phenoxy) is 2. The number of hydrogen-bond donors (Lipinski definition) is 1. The lowest BCUT2D eigenvalue weighted by atomic mass is 9.73. The fraction of sp³-hybridized carbons (Fsp3) is 0.281. The van der Waals surface area contributed by atoms with E-state index >= 15 is 0 Å². The maximum Gasteiger partial charge on any atom is 0.226 e. The zero-order chi connectivity index (χ0) is 27.0. The molecule has 0 bridgehead atoms. The molecule has 2 heterocycles. The minimum absolute atomic E-state index is 0.128. The first-order chi connectivity index (χ1) is 18.9. The number of aromatic nitrogens is 3. The number of fused-ring (bicyclic) bond motifs is 1. The maximum absolute atomic E-state index is 13.6. The van der Waals surface area contributed by atoms with E-state index in [1.165, 1.54) is 0 Å². The molecule has 1 aliphatic carbocycles. The predicted molar refractivity (Wildman–Crippen MR) is 151 cm³/mol. The van der Waals surface area contributed by atoms with E-state index in [1.807, 2.05) is 90.5 Å². The average Bonchev–Trinajstić information content (AvgIpc) is 3.35. The average molecular weight is 521 g/mol. The summed E-state index contributed by atoms with van der Waals surface area (Å²) in [7, 11) is 0. The predicted octanol–water partition coefficient (Wildman–Crippen LogP) is 6.58. The van der Waals surface area contributed by atoms with Crippen LogP contribution in [0, 0.1) is 5.41 Å². The number of anilines is 1. The van der Waals surface area contributed by atoms with Crippen molar-refractivity contribution in [3.8, 4) is 22.9 Å². The Morgan fingerprint density at radius 1 is 0.949 bits per heavy atom. The molecule has 2 aliphatic rings. The van der Waals surface area contributed by atoms with Gasteiger partial charge in [-0.25, -0.2) is 4.68 Å². The van der Waals surface area contributed by atoms with Gasteiger partial charge < -0.3 is 14.8 Å². The van der Waals surface area contributed by atoms with Crippen molar-refractivity contribution in [1.82, 2.24) is 14.8 Å². The zero-order valence-corrected chi connectivity index (χ0v) is 22.5. The highest BCUT2D eigenvalue weighted by Gasteiger charge is 2.42. The molecular weight excluding hydrogens is 488 g/mol. The van der Waals surface area contributed by atoms with Gasteiger partial charge in [0, 0.05) is 23.3 Å². The van der Waals surface area contributed by atoms with Gasteiger partial charge in [-0.2, -0.15) is 4.98 Å². The molecule has 0 spiro atoms. The minimum Gasteiger partial charge on any atom is -0.490 e. The van der Waals surface area contributed by atoms with E-state index in [9.17, 15) is 4.79 Å². The summed E-state index contributed by atoms with van der Waals surface area (Å²) in [4.78, 5) is 18.5. The molecule has 1 atom stereocenters. The number of ketones is 1. The van der Waals surface area contributed by atoms with Gasteiger partial charge in [0.25, 0.3) is 0 Å². The molecular formula is C32H32N4O3. The Hall–Kier alpha value is -4.39. The lowest BCUT2D eigenvalue weighted by molar-refractivity contribution is -0.118. The molecule has 198 valence electrons. The highest BCUT2D eigenvalue weighted by Crippen LogP contribution is 2.46. The van der Waals surface area contributed by atoms with Crippen LogP contribution in [0.4, 0.5) is 5.95 Å². The van der Waals surface area contributed by atoms with E-state index in [1.54, 1.807) is 0 Å². The van der Waals surface area contributed by atoms with Crippen molar-refractivity contribution < 1.29 is 14.3 Å². The number of Topliss-reactive ketones (excluding diaryl/α,β-unsaturated/α-hetero) is 1. The second-order valence-electron chi connectivity index (χ2n) is 10.8. The van der Waals surface area contributed by atoms with Crippen molar-refractivity contribution in [2.75, 3.05) is 11.9 Å². The molecule has 0 saturated carbocycles. The summed E-state index contributed by atoms with van der Waals surface area (Å²) in [6.07, 6.45) is 1.24. The highest BCUT2D eigenvalue weighted by atomic mass is 16.5. The number of carbonyl (C=O) groups excluding carboxylic acids is 1. The monoisotopic (exact) mass is 520 g/mol. The number of hydrogen-bond acceptors (Lipinski definition) is 6. The number of rotatable bonds is 7. The topological polar surface area (TPSA) is 78.3 Å². The molecule has 0 saturated heterocycles. The second-order valence-corrected chi connectivity index (χ2v) is 10.8. The first kappa shape index (κ1) is 24.9. The lowest BCUT2D eigenvalue weighted by Crippen LogP contribution is -2.36. The Morgan fingerprint density at radius 2 is 1.69 bits per heavy atom. The largest absolute Gasteiger partial charge is 0.490 e. The third-order valence-corrected chi connectivity index (χ3v) is 7.18. The van der Waals surface area contributed by atoms with Crippen LogP contribution < -0.4 is 14.8 Å². The van der Waals surface area contributed by atoms with Crippen LogP contribution >= 0.6 is 0 Å². The van der Waals surface area contributed by atoms with E-state index in [2.05, 4.69) is 19.2 Å². The van der Waals surface area contributed by atoms with Gasteiger partial charge in [0.2, 0.25) is 5.95 Å². The molecule has 1 N–H and O–H groups in total. The third kappa shape index (κ3) is 4.92. The van der Waals surface area contributed by atoms with Crippen LogP contribution in [0.15, 0.2) is 90.1 Å². The van der Waals surface area contributed by atoms with Gasteiger partial charge in [-0.1, -0.05) is 80.6 Å². The molecule has 0 unspecified atom stereocenters. The number of carbonyl (C=O) groups is 1. The van der Waals surface area contributed by atoms with Crippen molar-refractivity contribution in [2.45, 2.75) is 46.3 Å². The van der Waals surface area contributed by atoms with Crippen molar-refractivity contribution in [1.29, 1.82) is 0 Å². The third-order valence-electron chi connectivity index (χ3n) is 7.18. The van der Waals surface area contributed by atoms with Crippen LogP contribution in [0.5, 0.6) is 11.5 Å². The molecule has 0 amide bonds. The summed E-state index contributed by atoms with van der Waals surface area (Å²) in [5.74, 6) is 2.67. The first-order valence-electron chi connectivity index (χ1n) is 13.4. The number of benzene rings is 3. The second kappa shape index (κ2) is 10.1. The molecule has 1 aromatic heterocycles. The fourth-order valence-electron chi connectivity index (χ4n) is 5.44. The van der Waals surface area contributed by atoms with Crippen LogP contribution in [0.2, 0.25) is 0 Å². The normalized spacial score (nSPS) is 17.7. The highest BCUT2D eigenvalue weighted by molar-refractivity contribution is 6.00. The molecule has 3 aromatic carbocycles. The summed E-state index contributed by atoms with van der Waals surface area (Å²) >= 11 is 0. The van der Waals surface area contributed by atoms with Gasteiger partial charge in [-0.05, 0) is 42.0 Å². The maximum atomic E-state index is 13.6. The van der Waals surface area contributed by atoms with Gasteiger partial charge in [-0.3, -0.25) is 4.79 Å². The van der Waals surface area contributed by atoms with Crippen LogP contribution in [0.1, 0.15) is 50.8 Å². The number of nitrogens with one attached hydrogen (secondary N) is 1. The van der Waals surface area contributed by atoms with Crippen molar-refractivity contribution in [2.24, 2.45) is 5.41 Å². The van der Waals surface area contributed by atoms with E-state index in [0.29, 0.717) is 42.9 Å².